The first-order chi connectivity index (χ1) is 21.2. The fraction of sp³-hybridized carbons (Fsp3) is 0.278. The largest absolute Gasteiger partial charge is 0.354 e. The zero-order valence-corrected chi connectivity index (χ0v) is 26.5. The lowest BCUT2D eigenvalue weighted by Gasteiger charge is -2.34. The molecular formula is C36H41N3O4S. The highest BCUT2D eigenvalue weighted by molar-refractivity contribution is 7.92. The minimum Gasteiger partial charge on any atom is -0.354 e. The third-order valence-electron chi connectivity index (χ3n) is 7.47. The van der Waals surface area contributed by atoms with Crippen molar-refractivity contribution < 1.29 is 18.0 Å². The first-order valence-corrected chi connectivity index (χ1v) is 16.4. The van der Waals surface area contributed by atoms with Crippen molar-refractivity contribution in [1.82, 2.24) is 10.2 Å². The van der Waals surface area contributed by atoms with Gasteiger partial charge in [-0.3, -0.25) is 13.9 Å². The van der Waals surface area contributed by atoms with Crippen molar-refractivity contribution in [3.63, 3.8) is 0 Å². The van der Waals surface area contributed by atoms with Gasteiger partial charge in [0.15, 0.2) is 0 Å². The quantitative estimate of drug-likeness (QED) is 0.176. The molecule has 2 amide bonds. The van der Waals surface area contributed by atoms with Crippen LogP contribution in [0, 0.1) is 13.8 Å². The monoisotopic (exact) mass is 611 g/mol. The molecular weight excluding hydrogens is 570 g/mol. The van der Waals surface area contributed by atoms with Crippen LogP contribution in [-0.4, -0.2) is 44.3 Å². The lowest BCUT2D eigenvalue weighted by Crippen LogP contribution is -2.53. The third-order valence-corrected chi connectivity index (χ3v) is 9.26. The Morgan fingerprint density at radius 1 is 0.773 bits per heavy atom. The summed E-state index contributed by atoms with van der Waals surface area (Å²) in [6.07, 6.45) is 2.01. The molecule has 0 fully saturated rings. The Kier molecular flexibility index (Phi) is 11.3. The number of nitrogens with zero attached hydrogens (tertiary/aromatic N) is 2. The Bertz CT molecular complexity index is 1630. The Labute approximate surface area is 261 Å². The number of carbonyl (C=O) groups is 2. The topological polar surface area (TPSA) is 86.8 Å². The molecule has 230 valence electrons. The summed E-state index contributed by atoms with van der Waals surface area (Å²) in [5.74, 6) is -0.742. The first-order valence-electron chi connectivity index (χ1n) is 15.0. The number of benzene rings is 4. The fourth-order valence-corrected chi connectivity index (χ4v) is 6.44. The van der Waals surface area contributed by atoms with Gasteiger partial charge in [0.1, 0.15) is 12.6 Å². The highest BCUT2D eigenvalue weighted by Gasteiger charge is 2.34. The SMILES string of the molecule is CCCCNC(=O)[C@H](Cc1ccccc1)N(Cc1cccc(C)c1)C(=O)CN(c1ccccc1)S(=O)(=O)c1ccc(C)cc1. The average Bonchev–Trinajstić information content (AvgIpc) is 3.02. The molecule has 1 N–H and O–H groups in total. The van der Waals surface area contributed by atoms with Crippen molar-refractivity contribution in [2.75, 3.05) is 17.4 Å². The molecule has 4 aromatic rings. The molecule has 44 heavy (non-hydrogen) atoms. The molecule has 0 radical (unpaired) electrons. The smallest absolute Gasteiger partial charge is 0.264 e. The van der Waals surface area contributed by atoms with Crippen LogP contribution in [0.4, 0.5) is 5.69 Å². The molecule has 0 saturated carbocycles. The Balaban J connectivity index is 1.77. The number of sulfonamides is 1. The maximum absolute atomic E-state index is 14.5. The van der Waals surface area contributed by atoms with Gasteiger partial charge in [-0.05, 0) is 55.7 Å². The number of anilines is 1. The van der Waals surface area contributed by atoms with Crippen molar-refractivity contribution in [1.29, 1.82) is 0 Å². The molecule has 7 nitrogen and oxygen atoms in total. The maximum Gasteiger partial charge on any atom is 0.264 e. The number of hydrogen-bond acceptors (Lipinski definition) is 4. The molecule has 1 atom stereocenters. The highest BCUT2D eigenvalue weighted by Crippen LogP contribution is 2.25. The van der Waals surface area contributed by atoms with Gasteiger partial charge < -0.3 is 10.2 Å². The van der Waals surface area contributed by atoms with E-state index < -0.39 is 28.5 Å². The molecule has 0 aromatic heterocycles. The second kappa shape index (κ2) is 15.3. The Hall–Kier alpha value is -4.43. The standard InChI is InChI=1S/C36H41N3O4S/c1-4-5-23-37-36(41)34(25-30-14-8-6-9-15-30)38(26-31-16-12-13-29(3)24-31)35(40)27-39(32-17-10-7-11-18-32)44(42,43)33-21-19-28(2)20-22-33/h6-22,24,34H,4-5,23,25-27H2,1-3H3,(H,37,41)/t34-/m0/s1. The number of nitrogens with one attached hydrogen (secondary N) is 1. The van der Waals surface area contributed by atoms with Crippen molar-refractivity contribution >= 4 is 27.5 Å². The molecule has 0 aliphatic carbocycles. The molecule has 0 aliphatic heterocycles. The highest BCUT2D eigenvalue weighted by atomic mass is 32.2. The van der Waals surface area contributed by atoms with E-state index >= 15 is 0 Å². The zero-order valence-electron chi connectivity index (χ0n) is 25.6. The maximum atomic E-state index is 14.5. The molecule has 4 rings (SSSR count). The minimum absolute atomic E-state index is 0.0862. The zero-order chi connectivity index (χ0) is 31.5. The number of unbranched alkanes of at least 4 members (excludes halogenated alkanes) is 1. The summed E-state index contributed by atoms with van der Waals surface area (Å²) in [5, 5.41) is 3.02. The van der Waals surface area contributed by atoms with Gasteiger partial charge in [0.25, 0.3) is 10.0 Å². The summed E-state index contributed by atoms with van der Waals surface area (Å²) < 4.78 is 29.2. The van der Waals surface area contributed by atoms with E-state index in [2.05, 4.69) is 5.32 Å². The number of carbonyl (C=O) groups excluding carboxylic acids is 2. The summed E-state index contributed by atoms with van der Waals surface area (Å²) in [4.78, 5) is 29.9. The van der Waals surface area contributed by atoms with Crippen LogP contribution in [0.5, 0.6) is 0 Å². The second-order valence-electron chi connectivity index (χ2n) is 11.0. The molecule has 0 aliphatic rings. The number of aryl methyl sites for hydroxylation is 2. The molecule has 8 heteroatoms. The van der Waals surface area contributed by atoms with Gasteiger partial charge in [0.05, 0.1) is 10.6 Å². The van der Waals surface area contributed by atoms with E-state index in [-0.39, 0.29) is 23.8 Å². The molecule has 0 spiro atoms. The second-order valence-corrected chi connectivity index (χ2v) is 12.9. The molecule has 0 bridgehead atoms. The van der Waals surface area contributed by atoms with E-state index in [0.717, 1.165) is 39.4 Å². The first kappa shape index (κ1) is 32.5. The van der Waals surface area contributed by atoms with Gasteiger partial charge in [-0.2, -0.15) is 0 Å². The van der Waals surface area contributed by atoms with Crippen LogP contribution >= 0.6 is 0 Å². The van der Waals surface area contributed by atoms with Crippen LogP contribution in [0.1, 0.15) is 42.0 Å². The normalized spacial score (nSPS) is 11.9. The van der Waals surface area contributed by atoms with Crippen molar-refractivity contribution in [2.24, 2.45) is 0 Å². The van der Waals surface area contributed by atoms with Gasteiger partial charge in [0, 0.05) is 19.5 Å². The number of rotatable bonds is 14. The van der Waals surface area contributed by atoms with E-state index in [4.69, 9.17) is 0 Å². The lowest BCUT2D eigenvalue weighted by atomic mass is 10.0. The van der Waals surface area contributed by atoms with Crippen LogP contribution in [-0.2, 0) is 32.6 Å². The minimum atomic E-state index is -4.12. The summed E-state index contributed by atoms with van der Waals surface area (Å²) in [5.41, 5.74) is 4.06. The predicted molar refractivity (Wildman–Crippen MR) is 176 cm³/mol. The van der Waals surface area contributed by atoms with E-state index in [1.54, 1.807) is 54.6 Å². The fourth-order valence-electron chi connectivity index (χ4n) is 5.03. The van der Waals surface area contributed by atoms with Gasteiger partial charge in [-0.15, -0.1) is 0 Å². The lowest BCUT2D eigenvalue weighted by molar-refractivity contribution is -0.140. The average molecular weight is 612 g/mol. The number of para-hydroxylation sites is 1. The molecule has 0 saturated heterocycles. The summed E-state index contributed by atoms with van der Waals surface area (Å²) in [6.45, 7) is 6.07. The summed E-state index contributed by atoms with van der Waals surface area (Å²) in [7, 11) is -4.12. The number of amides is 2. The summed E-state index contributed by atoms with van der Waals surface area (Å²) >= 11 is 0. The van der Waals surface area contributed by atoms with Crippen molar-refractivity contribution in [3.05, 3.63) is 131 Å². The van der Waals surface area contributed by atoms with Gasteiger partial charge >= 0.3 is 0 Å². The van der Waals surface area contributed by atoms with E-state index in [1.807, 2.05) is 75.4 Å². The van der Waals surface area contributed by atoms with Crippen LogP contribution in [0.15, 0.2) is 114 Å². The van der Waals surface area contributed by atoms with Crippen LogP contribution < -0.4 is 9.62 Å². The number of hydrogen-bond donors (Lipinski definition) is 1. The van der Waals surface area contributed by atoms with Gasteiger partial charge in [-0.25, -0.2) is 8.42 Å². The van der Waals surface area contributed by atoms with Gasteiger partial charge in [-0.1, -0.05) is 109 Å². The van der Waals surface area contributed by atoms with Crippen molar-refractivity contribution in [2.45, 2.75) is 57.5 Å². The van der Waals surface area contributed by atoms with Crippen LogP contribution in [0.3, 0.4) is 0 Å². The van der Waals surface area contributed by atoms with E-state index in [1.165, 1.54) is 4.90 Å². The van der Waals surface area contributed by atoms with Crippen LogP contribution in [0.2, 0.25) is 0 Å². The third kappa shape index (κ3) is 8.57. The Morgan fingerprint density at radius 2 is 1.41 bits per heavy atom. The Morgan fingerprint density at radius 3 is 2.05 bits per heavy atom. The van der Waals surface area contributed by atoms with Crippen LogP contribution in [0.25, 0.3) is 0 Å². The predicted octanol–water partition coefficient (Wildman–Crippen LogP) is 6.06. The van der Waals surface area contributed by atoms with Gasteiger partial charge in [0.2, 0.25) is 11.8 Å². The molecule has 0 unspecified atom stereocenters. The summed E-state index contributed by atoms with van der Waals surface area (Å²) in [6, 6.07) is 31.7. The van der Waals surface area contributed by atoms with E-state index in [0.29, 0.717) is 12.2 Å². The van der Waals surface area contributed by atoms with E-state index in [9.17, 15) is 18.0 Å². The molecule has 4 aromatic carbocycles. The van der Waals surface area contributed by atoms with Crippen molar-refractivity contribution in [3.8, 4) is 0 Å². The molecule has 0 heterocycles.